The first-order valence-electron chi connectivity index (χ1n) is 10.6. The van der Waals surface area contributed by atoms with E-state index in [0.29, 0.717) is 42.4 Å². The molecule has 1 aliphatic heterocycles. The van der Waals surface area contributed by atoms with Crippen molar-refractivity contribution < 1.29 is 23.4 Å². The maximum absolute atomic E-state index is 12.8. The van der Waals surface area contributed by atoms with Gasteiger partial charge in [-0.05, 0) is 32.8 Å². The summed E-state index contributed by atoms with van der Waals surface area (Å²) in [6, 6.07) is 9.19. The van der Waals surface area contributed by atoms with Crippen molar-refractivity contribution in [2.75, 3.05) is 20.2 Å². The van der Waals surface area contributed by atoms with E-state index in [9.17, 15) is 9.59 Å². The fourth-order valence-electron chi connectivity index (χ4n) is 4.02. The number of nitrogens with zero attached hydrogens (tertiary/aromatic N) is 3. The van der Waals surface area contributed by atoms with E-state index in [4.69, 9.17) is 13.8 Å². The molecule has 0 radical (unpaired) electrons. The first-order valence-corrected chi connectivity index (χ1v) is 10.6. The number of piperidine rings is 1. The Bertz CT molecular complexity index is 1090. The fraction of sp³-hybridized carbons (Fsp3) is 0.391. The minimum atomic E-state index is -0.333. The fourth-order valence-corrected chi connectivity index (χ4v) is 4.02. The lowest BCUT2D eigenvalue weighted by Crippen LogP contribution is -2.38. The summed E-state index contributed by atoms with van der Waals surface area (Å²) in [6.07, 6.45) is 1.48. The molecule has 0 aliphatic carbocycles. The van der Waals surface area contributed by atoms with Crippen LogP contribution in [0.15, 0.2) is 39.4 Å². The smallest absolute Gasteiger partial charge is 0.290 e. The Morgan fingerprint density at radius 1 is 1.16 bits per heavy atom. The SMILES string of the molecule is COc1ccccc1CNC(=O)c1cc(C2CCN(C(=O)c3c(C)noc3C)CC2)no1. The summed E-state index contributed by atoms with van der Waals surface area (Å²) in [5.74, 6) is 1.16. The quantitative estimate of drug-likeness (QED) is 0.629. The minimum absolute atomic E-state index is 0.0590. The maximum atomic E-state index is 12.8. The van der Waals surface area contributed by atoms with Crippen LogP contribution in [0, 0.1) is 13.8 Å². The maximum Gasteiger partial charge on any atom is 0.290 e. The molecule has 1 aromatic carbocycles. The van der Waals surface area contributed by atoms with Crippen molar-refractivity contribution in [1.82, 2.24) is 20.5 Å². The van der Waals surface area contributed by atoms with Gasteiger partial charge in [0, 0.05) is 37.2 Å². The number of hydrogen-bond donors (Lipinski definition) is 1. The third kappa shape index (κ3) is 4.37. The molecule has 9 heteroatoms. The zero-order valence-corrected chi connectivity index (χ0v) is 18.4. The van der Waals surface area contributed by atoms with Crippen LogP contribution in [0.1, 0.15) is 62.4 Å². The van der Waals surface area contributed by atoms with E-state index in [-0.39, 0.29) is 23.5 Å². The van der Waals surface area contributed by atoms with Gasteiger partial charge in [0.25, 0.3) is 11.8 Å². The van der Waals surface area contributed by atoms with Crippen molar-refractivity contribution in [3.05, 3.63) is 64.4 Å². The third-order valence-electron chi connectivity index (χ3n) is 5.83. The van der Waals surface area contributed by atoms with Gasteiger partial charge < -0.3 is 24.0 Å². The van der Waals surface area contributed by atoms with Gasteiger partial charge >= 0.3 is 0 Å². The van der Waals surface area contributed by atoms with Crippen LogP contribution in [0.3, 0.4) is 0 Å². The molecule has 0 spiro atoms. The molecule has 0 unspecified atom stereocenters. The topological polar surface area (TPSA) is 111 Å². The van der Waals surface area contributed by atoms with Gasteiger partial charge in [0.2, 0.25) is 5.76 Å². The summed E-state index contributed by atoms with van der Waals surface area (Å²) in [6.45, 7) is 5.02. The Hall–Kier alpha value is -3.62. The number of nitrogens with one attached hydrogen (secondary N) is 1. The molecule has 1 saturated heterocycles. The molecule has 1 aliphatic rings. The number of carbonyl (C=O) groups is 2. The molecule has 3 heterocycles. The van der Waals surface area contributed by atoms with E-state index >= 15 is 0 Å². The number of para-hydroxylation sites is 1. The molecule has 9 nitrogen and oxygen atoms in total. The zero-order chi connectivity index (χ0) is 22.7. The number of rotatable bonds is 6. The number of aromatic nitrogens is 2. The molecule has 0 atom stereocenters. The Balaban J connectivity index is 1.33. The lowest BCUT2D eigenvalue weighted by atomic mass is 9.93. The van der Waals surface area contributed by atoms with Gasteiger partial charge in [-0.25, -0.2) is 0 Å². The Kier molecular flexibility index (Phi) is 6.25. The monoisotopic (exact) mass is 438 g/mol. The lowest BCUT2D eigenvalue weighted by Gasteiger charge is -2.31. The summed E-state index contributed by atoms with van der Waals surface area (Å²) in [5, 5.41) is 10.8. The molecule has 32 heavy (non-hydrogen) atoms. The number of aryl methyl sites for hydroxylation is 2. The number of hydrogen-bond acceptors (Lipinski definition) is 7. The second kappa shape index (κ2) is 9.25. The molecule has 0 saturated carbocycles. The van der Waals surface area contributed by atoms with Crippen molar-refractivity contribution in [3.63, 3.8) is 0 Å². The summed E-state index contributed by atoms with van der Waals surface area (Å²) in [4.78, 5) is 27.1. The molecular weight excluding hydrogens is 412 g/mol. The Morgan fingerprint density at radius 3 is 2.59 bits per heavy atom. The average Bonchev–Trinajstić information content (AvgIpc) is 3.44. The first-order chi connectivity index (χ1) is 15.5. The molecule has 3 aromatic rings. The van der Waals surface area contributed by atoms with Gasteiger partial charge in [-0.15, -0.1) is 0 Å². The van der Waals surface area contributed by atoms with Crippen LogP contribution in [-0.4, -0.2) is 47.2 Å². The van der Waals surface area contributed by atoms with Crippen LogP contribution < -0.4 is 10.1 Å². The molecule has 1 fully saturated rings. The molecule has 1 N–H and O–H groups in total. The molecule has 2 aromatic heterocycles. The highest BCUT2D eigenvalue weighted by atomic mass is 16.5. The number of carbonyl (C=O) groups excluding carboxylic acids is 2. The van der Waals surface area contributed by atoms with Crippen LogP contribution in [0.25, 0.3) is 0 Å². The number of amides is 2. The Morgan fingerprint density at radius 2 is 1.91 bits per heavy atom. The van der Waals surface area contributed by atoms with Gasteiger partial charge in [0.15, 0.2) is 0 Å². The van der Waals surface area contributed by atoms with Crippen molar-refractivity contribution in [1.29, 1.82) is 0 Å². The van der Waals surface area contributed by atoms with Crippen molar-refractivity contribution in [2.24, 2.45) is 0 Å². The number of methoxy groups -OCH3 is 1. The highest BCUT2D eigenvalue weighted by Gasteiger charge is 2.29. The molecule has 0 bridgehead atoms. The number of likely N-dealkylation sites (tertiary alicyclic amines) is 1. The van der Waals surface area contributed by atoms with E-state index < -0.39 is 0 Å². The number of ether oxygens (including phenoxy) is 1. The predicted molar refractivity (Wildman–Crippen MR) is 115 cm³/mol. The predicted octanol–water partition coefficient (Wildman–Crippen LogP) is 3.24. The summed E-state index contributed by atoms with van der Waals surface area (Å²) < 4.78 is 15.7. The minimum Gasteiger partial charge on any atom is -0.496 e. The van der Waals surface area contributed by atoms with Crippen LogP contribution >= 0.6 is 0 Å². The van der Waals surface area contributed by atoms with Crippen LogP contribution in [0.2, 0.25) is 0 Å². The first kappa shape index (κ1) is 21.6. The number of benzene rings is 1. The molecule has 4 rings (SSSR count). The average molecular weight is 438 g/mol. The van der Waals surface area contributed by atoms with Crippen molar-refractivity contribution in [3.8, 4) is 5.75 Å². The molecule has 2 amide bonds. The van der Waals surface area contributed by atoms with E-state index in [0.717, 1.165) is 24.1 Å². The standard InChI is InChI=1S/C23H26N4O5/c1-14-21(15(2)31-25-14)23(29)27-10-8-16(9-11-27)18-12-20(32-26-18)22(28)24-13-17-6-4-5-7-19(17)30-3/h4-7,12,16H,8-11,13H2,1-3H3,(H,24,28). The van der Waals surface area contributed by atoms with Gasteiger partial charge in [-0.3, -0.25) is 9.59 Å². The third-order valence-corrected chi connectivity index (χ3v) is 5.83. The van der Waals surface area contributed by atoms with Gasteiger partial charge in [-0.2, -0.15) is 0 Å². The van der Waals surface area contributed by atoms with Crippen LogP contribution in [-0.2, 0) is 6.54 Å². The van der Waals surface area contributed by atoms with E-state index in [1.807, 2.05) is 29.2 Å². The molecule has 168 valence electrons. The zero-order valence-electron chi connectivity index (χ0n) is 18.4. The van der Waals surface area contributed by atoms with E-state index in [2.05, 4.69) is 15.6 Å². The van der Waals surface area contributed by atoms with Crippen molar-refractivity contribution in [2.45, 2.75) is 39.2 Å². The van der Waals surface area contributed by atoms with E-state index in [1.165, 1.54) is 0 Å². The Labute approximate surface area is 185 Å². The van der Waals surface area contributed by atoms with Gasteiger partial charge in [0.05, 0.1) is 18.5 Å². The highest BCUT2D eigenvalue weighted by Crippen LogP contribution is 2.29. The molecular formula is C23H26N4O5. The van der Waals surface area contributed by atoms with Gasteiger partial charge in [0.1, 0.15) is 17.1 Å². The van der Waals surface area contributed by atoms with Crippen molar-refractivity contribution >= 4 is 11.8 Å². The summed E-state index contributed by atoms with van der Waals surface area (Å²) in [5.41, 5.74) is 2.75. The highest BCUT2D eigenvalue weighted by molar-refractivity contribution is 5.96. The van der Waals surface area contributed by atoms with Gasteiger partial charge in [-0.1, -0.05) is 28.5 Å². The van der Waals surface area contributed by atoms with Crippen LogP contribution in [0.5, 0.6) is 5.75 Å². The lowest BCUT2D eigenvalue weighted by molar-refractivity contribution is 0.0708. The second-order valence-electron chi connectivity index (χ2n) is 7.88. The van der Waals surface area contributed by atoms with E-state index in [1.54, 1.807) is 27.0 Å². The summed E-state index contributed by atoms with van der Waals surface area (Å²) >= 11 is 0. The summed E-state index contributed by atoms with van der Waals surface area (Å²) in [7, 11) is 1.59. The second-order valence-corrected chi connectivity index (χ2v) is 7.88. The largest absolute Gasteiger partial charge is 0.496 e. The van der Waals surface area contributed by atoms with Crippen LogP contribution in [0.4, 0.5) is 0 Å². The normalized spacial score (nSPS) is 14.4.